The lowest BCUT2D eigenvalue weighted by atomic mass is 9.99. The molecule has 0 spiro atoms. The van der Waals surface area contributed by atoms with Crippen LogP contribution in [0.2, 0.25) is 0 Å². The minimum atomic E-state index is -0.490. The summed E-state index contributed by atoms with van der Waals surface area (Å²) in [5.41, 5.74) is 4.22. The number of halogens is 2. The molecule has 2 nitrogen and oxygen atoms in total. The first-order valence-corrected chi connectivity index (χ1v) is 6.56. The average molecular weight is 290 g/mol. The summed E-state index contributed by atoms with van der Waals surface area (Å²) >= 11 is 11.7. The van der Waals surface area contributed by atoms with Gasteiger partial charge in [-0.05, 0) is 34.9 Å². The quantitative estimate of drug-likeness (QED) is 0.720. The van der Waals surface area contributed by atoms with Crippen molar-refractivity contribution in [2.75, 3.05) is 0 Å². The van der Waals surface area contributed by atoms with Crippen molar-refractivity contribution in [2.45, 2.75) is 6.42 Å². The van der Waals surface area contributed by atoms with Gasteiger partial charge in [0.05, 0.1) is 5.69 Å². The third-order valence-electron chi connectivity index (χ3n) is 3.15. The molecule has 3 rings (SSSR count). The van der Waals surface area contributed by atoms with E-state index in [0.29, 0.717) is 16.4 Å². The highest BCUT2D eigenvalue weighted by Crippen LogP contribution is 2.30. The Kier molecular flexibility index (Phi) is 3.13. The SMILES string of the molecule is O=C(Cl)c1ccc2c(c1)N=C(Cl)c1ccccc1C2. The smallest absolute Gasteiger partial charge is 0.252 e. The van der Waals surface area contributed by atoms with Gasteiger partial charge >= 0.3 is 0 Å². The van der Waals surface area contributed by atoms with Crippen molar-refractivity contribution < 1.29 is 4.79 Å². The maximum atomic E-state index is 11.2. The molecule has 0 aromatic heterocycles. The number of aliphatic imine (C=N–C) groups is 1. The lowest BCUT2D eigenvalue weighted by Gasteiger charge is -2.05. The molecule has 94 valence electrons. The molecule has 0 unspecified atom stereocenters. The summed E-state index contributed by atoms with van der Waals surface area (Å²) in [6.45, 7) is 0. The Balaban J connectivity index is 2.19. The van der Waals surface area contributed by atoms with Crippen LogP contribution >= 0.6 is 23.2 Å². The second kappa shape index (κ2) is 4.80. The molecular weight excluding hydrogens is 281 g/mol. The van der Waals surface area contributed by atoms with Gasteiger partial charge < -0.3 is 0 Å². The minimum Gasteiger partial charge on any atom is -0.276 e. The molecule has 2 aromatic carbocycles. The highest BCUT2D eigenvalue weighted by atomic mass is 35.5. The molecule has 19 heavy (non-hydrogen) atoms. The Morgan fingerprint density at radius 3 is 2.68 bits per heavy atom. The zero-order valence-corrected chi connectivity index (χ0v) is 11.4. The molecule has 0 saturated heterocycles. The van der Waals surface area contributed by atoms with E-state index in [1.807, 2.05) is 30.3 Å². The van der Waals surface area contributed by atoms with Gasteiger partial charge in [0.2, 0.25) is 0 Å². The second-order valence-electron chi connectivity index (χ2n) is 4.35. The second-order valence-corrected chi connectivity index (χ2v) is 5.06. The van der Waals surface area contributed by atoms with E-state index in [1.54, 1.807) is 12.1 Å². The Hall–Kier alpha value is -1.64. The Morgan fingerprint density at radius 2 is 1.89 bits per heavy atom. The van der Waals surface area contributed by atoms with Crippen LogP contribution in [0.5, 0.6) is 0 Å². The molecule has 4 heteroatoms. The van der Waals surface area contributed by atoms with Crippen molar-refractivity contribution in [3.63, 3.8) is 0 Å². The molecule has 0 radical (unpaired) electrons. The highest BCUT2D eigenvalue weighted by Gasteiger charge is 2.16. The Morgan fingerprint density at radius 1 is 1.11 bits per heavy atom. The average Bonchev–Trinajstić information content (AvgIpc) is 2.54. The van der Waals surface area contributed by atoms with E-state index in [9.17, 15) is 4.79 Å². The molecular formula is C15H9Cl2NO. The first-order chi connectivity index (χ1) is 9.15. The summed E-state index contributed by atoms with van der Waals surface area (Å²) < 4.78 is 0. The molecule has 0 N–H and O–H groups in total. The summed E-state index contributed by atoms with van der Waals surface area (Å²) in [5.74, 6) is 0. The van der Waals surface area contributed by atoms with Gasteiger partial charge in [-0.25, -0.2) is 4.99 Å². The van der Waals surface area contributed by atoms with Crippen molar-refractivity contribution in [3.05, 3.63) is 64.7 Å². The summed E-state index contributed by atoms with van der Waals surface area (Å²) in [4.78, 5) is 15.6. The van der Waals surface area contributed by atoms with Crippen molar-refractivity contribution in [1.82, 2.24) is 0 Å². The molecule has 0 fully saturated rings. The Labute approximate surface area is 120 Å². The standard InChI is InChI=1S/C15H9Cl2NO/c16-14-12-4-2-1-3-9(12)7-10-5-6-11(15(17)19)8-13(10)18-14/h1-6,8H,7H2. The molecule has 1 heterocycles. The molecule has 2 aromatic rings. The number of fused-ring (bicyclic) bond motifs is 2. The van der Waals surface area contributed by atoms with Crippen molar-refractivity contribution in [3.8, 4) is 0 Å². The van der Waals surface area contributed by atoms with Crippen LogP contribution in [0.25, 0.3) is 0 Å². The number of rotatable bonds is 1. The first kappa shape index (κ1) is 12.4. The van der Waals surface area contributed by atoms with Crippen LogP contribution in [0.15, 0.2) is 47.5 Å². The normalized spacial score (nSPS) is 13.1. The Bertz CT molecular complexity index is 707. The van der Waals surface area contributed by atoms with Crippen LogP contribution in [0.1, 0.15) is 27.0 Å². The van der Waals surface area contributed by atoms with Crippen LogP contribution in [0.3, 0.4) is 0 Å². The number of hydrogen-bond donors (Lipinski definition) is 0. The predicted octanol–water partition coefficient (Wildman–Crippen LogP) is 4.29. The number of nitrogens with zero attached hydrogens (tertiary/aromatic N) is 1. The van der Waals surface area contributed by atoms with Gasteiger partial charge in [0.25, 0.3) is 5.24 Å². The topological polar surface area (TPSA) is 29.4 Å². The minimum absolute atomic E-state index is 0.430. The van der Waals surface area contributed by atoms with Gasteiger partial charge in [0.15, 0.2) is 0 Å². The van der Waals surface area contributed by atoms with Crippen LogP contribution in [0, 0.1) is 0 Å². The maximum Gasteiger partial charge on any atom is 0.252 e. The summed E-state index contributed by atoms with van der Waals surface area (Å²) in [6, 6.07) is 13.2. The van der Waals surface area contributed by atoms with Gasteiger partial charge in [-0.3, -0.25) is 4.79 Å². The zero-order valence-electron chi connectivity index (χ0n) is 9.86. The first-order valence-electron chi connectivity index (χ1n) is 5.80. The van der Waals surface area contributed by atoms with Crippen molar-refractivity contribution >= 4 is 39.3 Å². The highest BCUT2D eigenvalue weighted by molar-refractivity contribution is 6.70. The fraction of sp³-hybridized carbons (Fsp3) is 0.0667. The van der Waals surface area contributed by atoms with E-state index in [2.05, 4.69) is 4.99 Å². The van der Waals surface area contributed by atoms with Crippen LogP contribution in [0.4, 0.5) is 5.69 Å². The van der Waals surface area contributed by atoms with Crippen LogP contribution in [-0.2, 0) is 6.42 Å². The van der Waals surface area contributed by atoms with Gasteiger partial charge in [-0.2, -0.15) is 0 Å². The number of carbonyl (C=O) groups is 1. The molecule has 1 aliphatic rings. The summed E-state index contributed by atoms with van der Waals surface area (Å²) in [6.07, 6.45) is 0.738. The van der Waals surface area contributed by atoms with Gasteiger partial charge in [0.1, 0.15) is 5.17 Å². The summed E-state index contributed by atoms with van der Waals surface area (Å²) in [7, 11) is 0. The summed E-state index contributed by atoms with van der Waals surface area (Å²) in [5, 5.41) is -0.0515. The van der Waals surface area contributed by atoms with E-state index in [-0.39, 0.29) is 0 Å². The van der Waals surface area contributed by atoms with E-state index in [4.69, 9.17) is 23.2 Å². The van der Waals surface area contributed by atoms with E-state index < -0.39 is 5.24 Å². The van der Waals surface area contributed by atoms with E-state index in [0.717, 1.165) is 23.1 Å². The molecule has 0 aliphatic carbocycles. The lowest BCUT2D eigenvalue weighted by Crippen LogP contribution is -1.96. The van der Waals surface area contributed by atoms with E-state index in [1.165, 1.54) is 0 Å². The fourth-order valence-electron chi connectivity index (χ4n) is 2.19. The lowest BCUT2D eigenvalue weighted by molar-refractivity contribution is 0.108. The third kappa shape index (κ3) is 2.29. The largest absolute Gasteiger partial charge is 0.276 e. The van der Waals surface area contributed by atoms with Crippen LogP contribution < -0.4 is 0 Å². The van der Waals surface area contributed by atoms with E-state index >= 15 is 0 Å². The van der Waals surface area contributed by atoms with Crippen molar-refractivity contribution in [2.24, 2.45) is 4.99 Å². The number of hydrogen-bond acceptors (Lipinski definition) is 2. The van der Waals surface area contributed by atoms with Gasteiger partial charge in [-0.15, -0.1) is 0 Å². The van der Waals surface area contributed by atoms with Gasteiger partial charge in [-0.1, -0.05) is 41.9 Å². The third-order valence-corrected chi connectivity index (χ3v) is 3.66. The molecule has 1 aliphatic heterocycles. The van der Waals surface area contributed by atoms with Gasteiger partial charge in [0, 0.05) is 17.5 Å². The van der Waals surface area contributed by atoms with Crippen molar-refractivity contribution in [1.29, 1.82) is 0 Å². The molecule has 0 atom stereocenters. The zero-order chi connectivity index (χ0) is 13.4. The fourth-order valence-corrected chi connectivity index (χ4v) is 2.58. The molecule has 0 amide bonds. The molecule has 0 bridgehead atoms. The number of carbonyl (C=O) groups excluding carboxylic acids is 1. The van der Waals surface area contributed by atoms with Crippen LogP contribution in [-0.4, -0.2) is 10.4 Å². The number of benzene rings is 2. The maximum absolute atomic E-state index is 11.2. The predicted molar refractivity (Wildman–Crippen MR) is 77.9 cm³/mol. The molecule has 0 saturated carbocycles. The monoisotopic (exact) mass is 289 g/mol.